The van der Waals surface area contributed by atoms with E-state index in [0.29, 0.717) is 23.9 Å². The number of nitrogens with one attached hydrogen (secondary N) is 1. The highest BCUT2D eigenvalue weighted by molar-refractivity contribution is 7.07. The van der Waals surface area contributed by atoms with Gasteiger partial charge >= 0.3 is 0 Å². The van der Waals surface area contributed by atoms with E-state index in [9.17, 15) is 4.79 Å². The number of carbonyl (C=O) groups is 1. The molecule has 4 aromatic rings. The molecule has 0 spiro atoms. The Balaban J connectivity index is 1.32. The average molecular weight is 464 g/mol. The quantitative estimate of drug-likeness (QED) is 0.352. The summed E-state index contributed by atoms with van der Waals surface area (Å²) in [5.41, 5.74) is 6.83. The van der Waals surface area contributed by atoms with Crippen LogP contribution >= 0.6 is 22.9 Å². The van der Waals surface area contributed by atoms with Crippen molar-refractivity contribution in [3.63, 3.8) is 0 Å². The number of nitrogens with zero attached hydrogens (tertiary/aromatic N) is 2. The molecule has 0 unspecified atom stereocenters. The molecule has 1 saturated carbocycles. The number of aromatic nitrogens is 2. The minimum Gasteiger partial charge on any atom is -0.370 e. The molecular weight excluding hydrogens is 442 g/mol. The van der Waals surface area contributed by atoms with Gasteiger partial charge in [0, 0.05) is 16.3 Å². The molecule has 1 fully saturated rings. The molecule has 1 N–H and O–H groups in total. The lowest BCUT2D eigenvalue weighted by Gasteiger charge is -2.21. The Morgan fingerprint density at radius 2 is 2.03 bits per heavy atom. The zero-order chi connectivity index (χ0) is 22.1. The normalized spacial score (nSPS) is 14.4. The highest BCUT2D eigenvalue weighted by Crippen LogP contribution is 2.48. The van der Waals surface area contributed by atoms with Crippen LogP contribution < -0.4 is 5.32 Å². The van der Waals surface area contributed by atoms with Gasteiger partial charge < -0.3 is 10.1 Å². The lowest BCUT2D eigenvalue weighted by atomic mass is 9.98. The lowest BCUT2D eigenvalue weighted by Crippen LogP contribution is -2.35. The van der Waals surface area contributed by atoms with E-state index in [1.54, 1.807) is 16.8 Å². The summed E-state index contributed by atoms with van der Waals surface area (Å²) in [4.78, 5) is 21.8. The smallest absolute Gasteiger partial charge is 0.252 e. The van der Waals surface area contributed by atoms with Gasteiger partial charge in [-0.15, -0.1) is 11.3 Å². The van der Waals surface area contributed by atoms with Crippen LogP contribution in [0.2, 0.25) is 5.15 Å². The minimum atomic E-state index is -0.398. The van der Waals surface area contributed by atoms with Crippen molar-refractivity contribution in [2.24, 2.45) is 0 Å². The molecule has 2 aromatic carbocycles. The molecule has 0 atom stereocenters. The monoisotopic (exact) mass is 463 g/mol. The Morgan fingerprint density at radius 1 is 1.19 bits per heavy atom. The van der Waals surface area contributed by atoms with Crippen LogP contribution in [0, 0.1) is 6.92 Å². The number of hydrogen-bond acceptors (Lipinski definition) is 5. The zero-order valence-corrected chi connectivity index (χ0v) is 19.2. The van der Waals surface area contributed by atoms with E-state index < -0.39 is 5.54 Å². The molecule has 5 nitrogen and oxygen atoms in total. The minimum absolute atomic E-state index is 0.0769. The van der Waals surface area contributed by atoms with Crippen LogP contribution in [-0.2, 0) is 23.5 Å². The molecule has 2 aromatic heterocycles. The third-order valence-electron chi connectivity index (χ3n) is 5.84. The molecule has 1 aliphatic rings. The van der Waals surface area contributed by atoms with Gasteiger partial charge in [-0.3, -0.25) is 4.79 Å². The summed E-state index contributed by atoms with van der Waals surface area (Å²) >= 11 is 7.85. The molecule has 1 aliphatic carbocycles. The van der Waals surface area contributed by atoms with Gasteiger partial charge in [-0.1, -0.05) is 41.9 Å². The Kier molecular flexibility index (Phi) is 5.67. The maximum absolute atomic E-state index is 13.2. The van der Waals surface area contributed by atoms with Gasteiger partial charge in [0.15, 0.2) is 0 Å². The fourth-order valence-corrected chi connectivity index (χ4v) is 4.81. The number of hydrogen-bond donors (Lipinski definition) is 1. The van der Waals surface area contributed by atoms with Crippen molar-refractivity contribution in [2.45, 2.75) is 38.5 Å². The van der Waals surface area contributed by atoms with Gasteiger partial charge in [-0.05, 0) is 54.7 Å². The molecule has 162 valence electrons. The second kappa shape index (κ2) is 8.62. The molecule has 1 amide bonds. The Hall–Kier alpha value is -2.80. The van der Waals surface area contributed by atoms with Crippen LogP contribution in [-0.4, -0.2) is 15.9 Å². The highest BCUT2D eigenvalue weighted by atomic mass is 35.5. The number of thiazole rings is 1. The number of amides is 1. The van der Waals surface area contributed by atoms with E-state index >= 15 is 0 Å². The van der Waals surface area contributed by atoms with Gasteiger partial charge in [0.25, 0.3) is 5.91 Å². The Morgan fingerprint density at radius 3 is 2.78 bits per heavy atom. The number of aryl methyl sites for hydroxylation is 1. The first kappa shape index (κ1) is 21.1. The second-order valence-electron chi connectivity index (χ2n) is 8.17. The topological polar surface area (TPSA) is 64.1 Å². The molecule has 2 heterocycles. The summed E-state index contributed by atoms with van der Waals surface area (Å²) in [6.07, 6.45) is 1.76. The van der Waals surface area contributed by atoms with Gasteiger partial charge in [0.1, 0.15) is 5.15 Å². The van der Waals surface area contributed by atoms with Crippen LogP contribution in [0.1, 0.15) is 45.6 Å². The first-order valence-corrected chi connectivity index (χ1v) is 11.8. The van der Waals surface area contributed by atoms with Crippen molar-refractivity contribution >= 4 is 39.7 Å². The van der Waals surface area contributed by atoms with Gasteiger partial charge in [0.05, 0.1) is 35.5 Å². The van der Waals surface area contributed by atoms with E-state index in [1.165, 1.54) is 0 Å². The predicted molar refractivity (Wildman–Crippen MR) is 127 cm³/mol. The molecule has 0 radical (unpaired) electrons. The van der Waals surface area contributed by atoms with Gasteiger partial charge in [-0.25, -0.2) is 9.97 Å². The molecule has 0 aliphatic heterocycles. The summed E-state index contributed by atoms with van der Waals surface area (Å²) < 4.78 is 5.75. The third-order valence-corrected chi connectivity index (χ3v) is 6.67. The molecule has 7 heteroatoms. The summed E-state index contributed by atoms with van der Waals surface area (Å²) in [7, 11) is 0. The van der Waals surface area contributed by atoms with Crippen LogP contribution in [0.5, 0.6) is 0 Å². The lowest BCUT2D eigenvalue weighted by molar-refractivity contribution is 0.0929. The average Bonchev–Trinajstić information content (AvgIpc) is 3.36. The summed E-state index contributed by atoms with van der Waals surface area (Å²) in [5, 5.41) is 6.72. The predicted octanol–water partition coefficient (Wildman–Crippen LogP) is 5.79. The number of para-hydroxylation sites is 1. The van der Waals surface area contributed by atoms with Crippen LogP contribution in [0.4, 0.5) is 0 Å². The van der Waals surface area contributed by atoms with Crippen LogP contribution in [0.25, 0.3) is 10.9 Å². The van der Waals surface area contributed by atoms with Crippen molar-refractivity contribution in [3.05, 3.63) is 92.5 Å². The van der Waals surface area contributed by atoms with E-state index in [2.05, 4.69) is 15.3 Å². The fraction of sp³-hybridized carbons (Fsp3) is 0.240. The first-order valence-electron chi connectivity index (χ1n) is 10.5. The van der Waals surface area contributed by atoms with E-state index in [-0.39, 0.29) is 5.91 Å². The summed E-state index contributed by atoms with van der Waals surface area (Å²) in [6, 6.07) is 15.6. The van der Waals surface area contributed by atoms with E-state index in [1.807, 2.05) is 60.8 Å². The molecule has 5 rings (SSSR count). The number of benzene rings is 2. The number of halogens is 1. The van der Waals surface area contributed by atoms with Crippen molar-refractivity contribution in [1.29, 1.82) is 0 Å². The fourth-order valence-electron chi connectivity index (χ4n) is 4.06. The van der Waals surface area contributed by atoms with Crippen molar-refractivity contribution < 1.29 is 9.53 Å². The van der Waals surface area contributed by atoms with E-state index in [4.69, 9.17) is 16.3 Å². The molecular formula is C25H22ClN3O2S. The number of fused-ring (bicyclic) bond motifs is 1. The number of pyridine rings is 1. The van der Waals surface area contributed by atoms with Crippen molar-refractivity contribution in [1.82, 2.24) is 15.3 Å². The molecule has 0 saturated heterocycles. The Bertz CT molecular complexity index is 1290. The van der Waals surface area contributed by atoms with Gasteiger partial charge in [-0.2, -0.15) is 0 Å². The molecule has 0 bridgehead atoms. The maximum Gasteiger partial charge on any atom is 0.252 e. The Labute approximate surface area is 195 Å². The highest BCUT2D eigenvalue weighted by Gasteiger charge is 2.47. The SMILES string of the molecule is Cc1cc(COCc2cscn2)ccc1C(=O)NC1(c2cc(Cl)nc3ccccc23)CC1. The first-order chi connectivity index (χ1) is 15.5. The van der Waals surface area contributed by atoms with E-state index in [0.717, 1.165) is 46.1 Å². The largest absolute Gasteiger partial charge is 0.370 e. The second-order valence-corrected chi connectivity index (χ2v) is 9.27. The summed E-state index contributed by atoms with van der Waals surface area (Å²) in [5.74, 6) is -0.0769. The number of carbonyl (C=O) groups excluding carboxylic acids is 1. The van der Waals surface area contributed by atoms with Gasteiger partial charge in [0.2, 0.25) is 0 Å². The number of ether oxygens (including phenoxy) is 1. The summed E-state index contributed by atoms with van der Waals surface area (Å²) in [6.45, 7) is 2.92. The molecule has 32 heavy (non-hydrogen) atoms. The maximum atomic E-state index is 13.2. The number of rotatable bonds is 7. The third kappa shape index (κ3) is 4.26. The standard InChI is InChI=1S/C25H22ClN3O2S/c1-16-10-17(12-31-13-18-14-32-15-27-18)6-7-19(16)24(30)29-25(8-9-25)21-11-23(26)28-22-5-3-2-4-20(21)22/h2-7,10-11,14-15H,8-9,12-13H2,1H3,(H,29,30). The zero-order valence-electron chi connectivity index (χ0n) is 17.6. The van der Waals surface area contributed by atoms with Crippen molar-refractivity contribution in [3.8, 4) is 0 Å². The van der Waals surface area contributed by atoms with Crippen molar-refractivity contribution in [2.75, 3.05) is 0 Å². The van der Waals surface area contributed by atoms with Crippen LogP contribution in [0.3, 0.4) is 0 Å². The van der Waals surface area contributed by atoms with Crippen LogP contribution in [0.15, 0.2) is 59.4 Å².